The van der Waals surface area contributed by atoms with E-state index in [0.717, 1.165) is 44.4 Å². The highest BCUT2D eigenvalue weighted by Crippen LogP contribution is 2.46. The summed E-state index contributed by atoms with van der Waals surface area (Å²) in [4.78, 5) is 59.6. The summed E-state index contributed by atoms with van der Waals surface area (Å²) in [6.45, 7) is 30.9. The molecule has 5 aromatic rings. The number of hydrogen-bond donors (Lipinski definition) is 0. The molecule has 0 spiro atoms. The number of carbonyl (C=O) groups excluding carboxylic acids is 4. The normalized spacial score (nSPS) is 15.9. The number of nitrogens with zero attached hydrogens (tertiary/aromatic N) is 2. The van der Waals surface area contributed by atoms with Gasteiger partial charge in [-0.25, -0.2) is 0 Å². The number of benzene rings is 5. The van der Waals surface area contributed by atoms with Crippen LogP contribution in [-0.4, -0.2) is 96.9 Å². The van der Waals surface area contributed by atoms with Gasteiger partial charge in [-0.2, -0.15) is 0 Å². The highest BCUT2D eigenvalue weighted by molar-refractivity contribution is 6.88. The molecule has 2 aliphatic rings. The standard InChI is InChI=1S/C44H62N2O8Si6/c1-55(2,3)51-59(11,12)53-57(7,8)27-15-25-45-41(47)33-21-17-29-31-19-23-35-40-36(24-20-32(38(31)40)30-18-22-34(42(45)48)39(33)37(29)30)44(50)46(43(35)49)26-16-28-58(9,10)54-60(13,14)52-56(4,5)6/h17-24H,15-16,25-28H2,1-14H3. The first kappa shape index (κ1) is 44.9. The average molecular weight is 916 g/mol. The van der Waals surface area contributed by atoms with Crippen LogP contribution in [-0.2, 0) is 16.5 Å². The van der Waals surface area contributed by atoms with E-state index in [1.54, 1.807) is 0 Å². The van der Waals surface area contributed by atoms with Gasteiger partial charge >= 0.3 is 17.1 Å². The van der Waals surface area contributed by atoms with Crippen LogP contribution in [0.15, 0.2) is 48.5 Å². The fraction of sp³-hybridized carbons (Fsp3) is 0.455. The lowest BCUT2D eigenvalue weighted by Crippen LogP contribution is -2.51. The summed E-state index contributed by atoms with van der Waals surface area (Å²) in [7, 11) is -12.5. The van der Waals surface area contributed by atoms with Gasteiger partial charge in [0.2, 0.25) is 0 Å². The maximum absolute atomic E-state index is 14.2. The minimum Gasteiger partial charge on any atom is -0.437 e. The number of imide groups is 2. The fourth-order valence-corrected chi connectivity index (χ4v) is 36.4. The van der Waals surface area contributed by atoms with Crippen molar-refractivity contribution in [3.8, 4) is 0 Å². The van der Waals surface area contributed by atoms with Crippen LogP contribution in [0.4, 0.5) is 0 Å². The summed E-state index contributed by atoms with van der Waals surface area (Å²) in [5.74, 6) is -1.15. The van der Waals surface area contributed by atoms with Crippen LogP contribution in [0.3, 0.4) is 0 Å². The molecular formula is C44H62N2O8Si6. The number of amides is 4. The summed E-state index contributed by atoms with van der Waals surface area (Å²) in [5.41, 5.74) is 2.04. The van der Waals surface area contributed by atoms with Gasteiger partial charge in [0.05, 0.1) is 0 Å². The third kappa shape index (κ3) is 8.74. The van der Waals surface area contributed by atoms with Gasteiger partial charge in [-0.3, -0.25) is 29.0 Å². The second kappa shape index (κ2) is 15.3. The van der Waals surface area contributed by atoms with Gasteiger partial charge in [0.15, 0.2) is 33.3 Å². The van der Waals surface area contributed by atoms with E-state index in [9.17, 15) is 19.2 Å². The number of hydrogen-bond acceptors (Lipinski definition) is 8. The predicted octanol–water partition coefficient (Wildman–Crippen LogP) is 11.3. The Hall–Kier alpha value is -3.18. The molecule has 0 aliphatic carbocycles. The Labute approximate surface area is 361 Å². The van der Waals surface area contributed by atoms with Crippen LogP contribution in [0.1, 0.15) is 54.3 Å². The molecule has 0 aromatic heterocycles. The summed E-state index contributed by atoms with van der Waals surface area (Å²) in [6, 6.07) is 16.8. The maximum Gasteiger partial charge on any atom is 0.311 e. The fourth-order valence-electron chi connectivity index (χ4n) is 10.0. The van der Waals surface area contributed by atoms with E-state index in [0.29, 0.717) is 59.0 Å². The van der Waals surface area contributed by atoms with Gasteiger partial charge in [0.25, 0.3) is 23.6 Å². The van der Waals surface area contributed by atoms with Crippen molar-refractivity contribution < 1.29 is 35.6 Å². The molecule has 2 heterocycles. The van der Waals surface area contributed by atoms with Gasteiger partial charge in [0, 0.05) is 46.1 Å². The van der Waals surface area contributed by atoms with E-state index in [4.69, 9.17) is 16.5 Å². The zero-order valence-electron chi connectivity index (χ0n) is 38.0. The Kier molecular flexibility index (Phi) is 11.4. The molecule has 0 fully saturated rings. The Balaban J connectivity index is 1.15. The first-order valence-electron chi connectivity index (χ1n) is 21.3. The van der Waals surface area contributed by atoms with E-state index >= 15 is 0 Å². The smallest absolute Gasteiger partial charge is 0.311 e. The third-order valence-electron chi connectivity index (χ3n) is 11.3. The molecule has 16 heteroatoms. The van der Waals surface area contributed by atoms with Crippen molar-refractivity contribution in [2.75, 3.05) is 13.1 Å². The second-order valence-electron chi connectivity index (χ2n) is 20.8. The lowest BCUT2D eigenvalue weighted by molar-refractivity contribution is 0.0595. The van der Waals surface area contributed by atoms with Crippen LogP contribution >= 0.6 is 0 Å². The summed E-state index contributed by atoms with van der Waals surface area (Å²) < 4.78 is 26.3. The van der Waals surface area contributed by atoms with E-state index in [1.165, 1.54) is 9.80 Å². The lowest BCUT2D eigenvalue weighted by Gasteiger charge is -2.38. The van der Waals surface area contributed by atoms with Gasteiger partial charge in [-0.15, -0.1) is 0 Å². The van der Waals surface area contributed by atoms with Crippen molar-refractivity contribution in [3.05, 3.63) is 70.8 Å². The molecule has 0 N–H and O–H groups in total. The van der Waals surface area contributed by atoms with Crippen LogP contribution in [0, 0.1) is 0 Å². The van der Waals surface area contributed by atoms with Crippen molar-refractivity contribution in [2.24, 2.45) is 0 Å². The highest BCUT2D eigenvalue weighted by atomic mass is 28.5. The molecule has 2 aliphatic heterocycles. The zero-order valence-corrected chi connectivity index (χ0v) is 44.0. The highest BCUT2D eigenvalue weighted by Gasteiger charge is 2.41. The van der Waals surface area contributed by atoms with Gasteiger partial charge in [-0.1, -0.05) is 24.3 Å². The van der Waals surface area contributed by atoms with Gasteiger partial charge in [0.1, 0.15) is 0 Å². The Morgan fingerprint density at radius 2 is 0.650 bits per heavy atom. The Morgan fingerprint density at radius 1 is 0.383 bits per heavy atom. The van der Waals surface area contributed by atoms with E-state index < -0.39 is 50.4 Å². The van der Waals surface area contributed by atoms with Gasteiger partial charge in [-0.05, 0) is 173 Å². The average Bonchev–Trinajstić information content (AvgIpc) is 3.08. The molecule has 0 atom stereocenters. The van der Waals surface area contributed by atoms with Crippen LogP contribution in [0.25, 0.3) is 43.1 Å². The first-order chi connectivity index (χ1) is 27.6. The van der Waals surface area contributed by atoms with Crippen molar-refractivity contribution in [2.45, 2.75) is 117 Å². The second-order valence-corrected chi connectivity index (χ2v) is 46.2. The summed E-state index contributed by atoms with van der Waals surface area (Å²) >= 11 is 0. The predicted molar refractivity (Wildman–Crippen MR) is 258 cm³/mol. The Morgan fingerprint density at radius 3 is 0.900 bits per heavy atom. The van der Waals surface area contributed by atoms with Crippen molar-refractivity contribution in [1.29, 1.82) is 0 Å². The molecule has 0 unspecified atom stereocenters. The van der Waals surface area contributed by atoms with Gasteiger partial charge < -0.3 is 16.5 Å². The van der Waals surface area contributed by atoms with E-state index in [-0.39, 0.29) is 23.6 Å². The molecule has 0 saturated heterocycles. The van der Waals surface area contributed by atoms with E-state index in [2.05, 4.69) is 91.7 Å². The van der Waals surface area contributed by atoms with Crippen molar-refractivity contribution >= 4 is 117 Å². The molecule has 0 bridgehead atoms. The maximum atomic E-state index is 14.2. The summed E-state index contributed by atoms with van der Waals surface area (Å²) in [6.07, 6.45) is 1.31. The first-order valence-corrected chi connectivity index (χ1v) is 40.0. The Bertz CT molecular complexity index is 2300. The molecule has 10 nitrogen and oxygen atoms in total. The zero-order chi connectivity index (χ0) is 44.1. The van der Waals surface area contributed by atoms with Crippen molar-refractivity contribution in [1.82, 2.24) is 9.80 Å². The molecule has 60 heavy (non-hydrogen) atoms. The number of rotatable bonds is 16. The van der Waals surface area contributed by atoms with E-state index in [1.807, 2.05) is 48.5 Å². The SMILES string of the molecule is C[Si](C)(C)O[Si](C)(C)O[Si](C)(C)CCCN1C(=O)c2ccc3c4ccc5c6c(ccc(c7ccc(c2c37)C1=O)c64)C(=O)N(CCC[Si](C)(C)O[Si](C)(C)O[Si](C)(C)C)C5=O. The quantitative estimate of drug-likeness (QED) is 0.0416. The largest absolute Gasteiger partial charge is 0.437 e. The number of carbonyl (C=O) groups is 4. The monoisotopic (exact) mass is 914 g/mol. The molecule has 0 saturated carbocycles. The topological polar surface area (TPSA) is 112 Å². The van der Waals surface area contributed by atoms with Crippen LogP contribution in [0.2, 0.25) is 104 Å². The molecule has 4 amide bonds. The number of fused-ring (bicyclic) bond motifs is 2. The summed E-state index contributed by atoms with van der Waals surface area (Å²) in [5, 5.41) is 6.56. The third-order valence-corrected chi connectivity index (χ3v) is 31.6. The molecule has 0 radical (unpaired) electrons. The van der Waals surface area contributed by atoms with Crippen LogP contribution in [0.5, 0.6) is 0 Å². The lowest BCUT2D eigenvalue weighted by atomic mass is 9.82. The molecule has 5 aromatic carbocycles. The molecule has 320 valence electrons. The molecule has 7 rings (SSSR count). The minimum absolute atomic E-state index is 0.288. The minimum atomic E-state index is -2.32. The molecular weight excluding hydrogens is 853 g/mol. The van der Waals surface area contributed by atoms with Crippen LogP contribution < -0.4 is 0 Å². The van der Waals surface area contributed by atoms with Crippen molar-refractivity contribution in [3.63, 3.8) is 0 Å².